The van der Waals surface area contributed by atoms with Crippen LogP contribution >= 0.6 is 0 Å². The second-order valence-electron chi connectivity index (χ2n) is 8.63. The van der Waals surface area contributed by atoms with Crippen molar-refractivity contribution >= 4 is 23.4 Å². The average molecular weight is 605 g/mol. The van der Waals surface area contributed by atoms with Crippen LogP contribution in [0.15, 0.2) is 107 Å². The van der Waals surface area contributed by atoms with Crippen LogP contribution in [0.5, 0.6) is 17.2 Å². The molecule has 0 unspecified atom stereocenters. The number of ether oxygens (including phenoxy) is 1. The summed E-state index contributed by atoms with van der Waals surface area (Å²) < 4.78 is 5.16. The summed E-state index contributed by atoms with van der Waals surface area (Å²) in [6, 6.07) is 13.4. The van der Waals surface area contributed by atoms with Gasteiger partial charge in [0.05, 0.1) is 18.2 Å². The second kappa shape index (κ2) is 16.5. The fraction of sp³-hybridized carbons (Fsp3) is 0.103. The minimum absolute atomic E-state index is 0.0146. The number of nitrogens with one attached hydrogen (secondary N) is 2. The number of nitrogens with zero attached hydrogens (tertiary/aromatic N) is 10. The molecular weight excluding hydrogens is 580 g/mol. The maximum atomic E-state index is 13.5. The van der Waals surface area contributed by atoms with E-state index in [4.69, 9.17) is 10.3 Å². The number of phenolic OH excluding ortho intramolecular Hbond substituents is 2. The van der Waals surface area contributed by atoms with Crippen molar-refractivity contribution in [2.75, 3.05) is 12.4 Å². The van der Waals surface area contributed by atoms with E-state index in [0.717, 1.165) is 11.8 Å². The van der Waals surface area contributed by atoms with Crippen molar-refractivity contribution in [2.45, 2.75) is 13.8 Å². The average Bonchev–Trinajstić information content (AvgIpc) is 3.01. The number of carbonyl (C=O) groups excluding carboxylic acids is 1. The van der Waals surface area contributed by atoms with Crippen molar-refractivity contribution < 1.29 is 19.7 Å². The predicted molar refractivity (Wildman–Crippen MR) is 163 cm³/mol. The number of hydrogen-bond acceptors (Lipinski definition) is 6. The maximum Gasteiger partial charge on any atom is 0.260 e. The van der Waals surface area contributed by atoms with Crippen LogP contribution in [0.2, 0.25) is 0 Å². The molecule has 3 rings (SSSR count). The SMILES string of the molecule is C=C(C)c1ccc(C)cc1-c1c(O)cc(C#CC#C/C=N/N=N/N=N/N=N/N=N/N=N)c(C(=O)Nc2ccc(OC)cc2)c1O. The van der Waals surface area contributed by atoms with Gasteiger partial charge in [0.2, 0.25) is 0 Å². The first-order valence-electron chi connectivity index (χ1n) is 12.6. The standard InChI is InChI=1S/C29H24N12O4/c1-18(2)23-14-9-19(3)16-24(23)27-25(42)17-20(8-6-5-7-15-31-34-36-38-40-41-39-37-35-33-30)26(28(27)43)29(44)32-21-10-12-22(45-4)13-11-21/h9-17,30,42-43H,1H2,2-4H3,(H,32,44)/b31-15+,33-30?,36-34+,37-35+,40-38+,41-39+. The molecule has 0 aliphatic rings. The van der Waals surface area contributed by atoms with Crippen molar-refractivity contribution in [3.05, 3.63) is 77.4 Å². The number of amides is 1. The monoisotopic (exact) mass is 604 g/mol. The molecule has 0 saturated carbocycles. The van der Waals surface area contributed by atoms with Crippen LogP contribution in [-0.2, 0) is 0 Å². The number of carbonyl (C=O) groups is 1. The highest BCUT2D eigenvalue weighted by Gasteiger charge is 2.25. The van der Waals surface area contributed by atoms with Gasteiger partial charge < -0.3 is 20.3 Å². The first-order chi connectivity index (χ1) is 21.8. The van der Waals surface area contributed by atoms with Gasteiger partial charge in [0.25, 0.3) is 5.91 Å². The van der Waals surface area contributed by atoms with Crippen molar-refractivity contribution in [1.29, 1.82) is 5.53 Å². The smallest absolute Gasteiger partial charge is 0.260 e. The van der Waals surface area contributed by atoms with Crippen LogP contribution in [0.25, 0.3) is 16.7 Å². The third kappa shape index (κ3) is 9.28. The minimum atomic E-state index is -0.675. The Morgan fingerprint density at radius 1 is 0.956 bits per heavy atom. The largest absolute Gasteiger partial charge is 0.507 e. The van der Waals surface area contributed by atoms with Crippen LogP contribution < -0.4 is 10.1 Å². The fourth-order valence-corrected chi connectivity index (χ4v) is 3.73. The van der Waals surface area contributed by atoms with Crippen LogP contribution in [0.4, 0.5) is 5.69 Å². The van der Waals surface area contributed by atoms with Gasteiger partial charge in [0.15, 0.2) is 0 Å². The van der Waals surface area contributed by atoms with E-state index in [1.54, 1.807) is 37.3 Å². The molecule has 16 heteroatoms. The van der Waals surface area contributed by atoms with Crippen molar-refractivity contribution in [2.24, 2.45) is 52.1 Å². The lowest BCUT2D eigenvalue weighted by molar-refractivity contribution is 0.102. The van der Waals surface area contributed by atoms with Crippen LogP contribution in [0, 0.1) is 36.1 Å². The highest BCUT2D eigenvalue weighted by Crippen LogP contribution is 2.44. The molecule has 16 nitrogen and oxygen atoms in total. The van der Waals surface area contributed by atoms with Gasteiger partial charge in [0.1, 0.15) is 23.5 Å². The maximum absolute atomic E-state index is 13.5. The van der Waals surface area contributed by atoms with Crippen LogP contribution in [-0.4, -0.2) is 29.4 Å². The lowest BCUT2D eigenvalue weighted by Gasteiger charge is -2.17. The number of benzene rings is 3. The fourth-order valence-electron chi connectivity index (χ4n) is 3.73. The van der Waals surface area contributed by atoms with Crippen LogP contribution in [0.3, 0.4) is 0 Å². The number of methoxy groups -OCH3 is 1. The molecule has 4 N–H and O–H groups in total. The van der Waals surface area contributed by atoms with Gasteiger partial charge in [-0.05, 0) is 120 Å². The molecule has 1 amide bonds. The second-order valence-corrected chi connectivity index (χ2v) is 8.63. The summed E-state index contributed by atoms with van der Waals surface area (Å²) in [5.74, 6) is 9.37. The normalized spacial score (nSPS) is 11.1. The Morgan fingerprint density at radius 3 is 2.27 bits per heavy atom. The molecule has 224 valence electrons. The molecule has 3 aromatic carbocycles. The highest BCUT2D eigenvalue weighted by atomic mass is 16.5. The van der Waals surface area contributed by atoms with Gasteiger partial charge in [-0.15, -0.1) is 5.10 Å². The number of hydrogen-bond donors (Lipinski definition) is 4. The summed E-state index contributed by atoms with van der Waals surface area (Å²) in [7, 11) is 1.52. The number of phenols is 2. The third-order valence-electron chi connectivity index (χ3n) is 5.59. The lowest BCUT2D eigenvalue weighted by Crippen LogP contribution is -2.14. The Hall–Kier alpha value is -6.94. The van der Waals surface area contributed by atoms with Gasteiger partial charge in [-0.1, -0.05) is 41.8 Å². The zero-order valence-corrected chi connectivity index (χ0v) is 24.1. The van der Waals surface area contributed by atoms with Gasteiger partial charge in [-0.3, -0.25) is 4.79 Å². The molecule has 0 aliphatic heterocycles. The molecule has 0 atom stereocenters. The summed E-state index contributed by atoms with van der Waals surface area (Å²) in [4.78, 5) is 13.5. The summed E-state index contributed by atoms with van der Waals surface area (Å²) in [5.41, 5.74) is 9.42. The van der Waals surface area contributed by atoms with Gasteiger partial charge >= 0.3 is 0 Å². The van der Waals surface area contributed by atoms with E-state index in [1.165, 1.54) is 13.2 Å². The molecule has 0 bridgehead atoms. The van der Waals surface area contributed by atoms with Crippen molar-refractivity contribution in [1.82, 2.24) is 0 Å². The summed E-state index contributed by atoms with van der Waals surface area (Å²) in [5, 5.41) is 55.9. The lowest BCUT2D eigenvalue weighted by atomic mass is 9.90. The van der Waals surface area contributed by atoms with E-state index < -0.39 is 11.7 Å². The molecule has 0 radical (unpaired) electrons. The summed E-state index contributed by atoms with van der Waals surface area (Å²) in [6.07, 6.45) is 1.06. The molecule has 0 fully saturated rings. The number of anilines is 1. The topological polar surface area (TPSA) is 226 Å². The number of aromatic hydroxyl groups is 2. The van der Waals surface area contributed by atoms with Gasteiger partial charge in [-0.2, -0.15) is 5.53 Å². The minimum Gasteiger partial charge on any atom is -0.507 e. The highest BCUT2D eigenvalue weighted by molar-refractivity contribution is 6.10. The molecule has 0 aliphatic carbocycles. The first kappa shape index (κ1) is 32.6. The van der Waals surface area contributed by atoms with Gasteiger partial charge in [-0.25, -0.2) is 0 Å². The predicted octanol–water partition coefficient (Wildman–Crippen LogP) is 7.21. The Labute approximate surface area is 256 Å². The molecular formula is C29H24N12O4. The van der Waals surface area contributed by atoms with E-state index in [9.17, 15) is 15.0 Å². The molecule has 0 heterocycles. The van der Waals surface area contributed by atoms with Gasteiger partial charge in [0, 0.05) is 11.3 Å². The molecule has 0 aromatic heterocycles. The van der Waals surface area contributed by atoms with E-state index in [-0.39, 0.29) is 22.4 Å². The Morgan fingerprint density at radius 2 is 1.62 bits per heavy atom. The first-order valence-corrected chi connectivity index (χ1v) is 12.6. The van der Waals surface area contributed by atoms with Crippen LogP contribution in [0.1, 0.15) is 34.0 Å². The van der Waals surface area contributed by atoms with E-state index in [0.29, 0.717) is 28.1 Å². The molecule has 45 heavy (non-hydrogen) atoms. The quantitative estimate of drug-likeness (QED) is 0.0813. The van der Waals surface area contributed by atoms with Crippen molar-refractivity contribution in [3.63, 3.8) is 0 Å². The summed E-state index contributed by atoms with van der Waals surface area (Å²) in [6.45, 7) is 7.67. The number of rotatable bonds is 10. The zero-order chi connectivity index (χ0) is 32.6. The van der Waals surface area contributed by atoms with E-state index >= 15 is 0 Å². The Bertz CT molecular complexity index is 1870. The molecule has 0 spiro atoms. The third-order valence-corrected chi connectivity index (χ3v) is 5.59. The summed E-state index contributed by atoms with van der Waals surface area (Å²) >= 11 is 0. The number of allylic oxidation sites excluding steroid dienone is 1. The van der Waals surface area contributed by atoms with E-state index in [1.807, 2.05) is 19.1 Å². The molecule has 3 aromatic rings. The Kier molecular flexibility index (Phi) is 11.9. The zero-order valence-electron chi connectivity index (χ0n) is 24.1. The number of aryl methyl sites for hydroxylation is 1. The molecule has 0 saturated heterocycles. The Balaban J connectivity index is 1.97. The van der Waals surface area contributed by atoms with Crippen molar-refractivity contribution in [3.8, 4) is 52.1 Å². The van der Waals surface area contributed by atoms with E-state index in [2.05, 4.69) is 87.7 Å².